The molecule has 0 radical (unpaired) electrons. The molecule has 2 nitrogen and oxygen atoms in total. The number of benzene rings is 1. The van der Waals surface area contributed by atoms with E-state index in [0.717, 1.165) is 5.46 Å². The van der Waals surface area contributed by atoms with Gasteiger partial charge < -0.3 is 9.31 Å². The van der Waals surface area contributed by atoms with E-state index >= 15 is 0 Å². The summed E-state index contributed by atoms with van der Waals surface area (Å²) in [6.45, 7) is 8.08. The van der Waals surface area contributed by atoms with Crippen LogP contribution in [0.2, 0.25) is 5.02 Å². The maximum Gasteiger partial charge on any atom is 0.494 e. The Hall–Kier alpha value is -0.945. The Balaban J connectivity index is 2.33. The van der Waals surface area contributed by atoms with Crippen molar-refractivity contribution in [1.82, 2.24) is 0 Å². The smallest absolute Gasteiger partial charge is 0.399 e. The fourth-order valence-electron chi connectivity index (χ4n) is 1.78. The molecule has 0 saturated carbocycles. The van der Waals surface area contributed by atoms with Gasteiger partial charge in [0.1, 0.15) is 0 Å². The van der Waals surface area contributed by atoms with Gasteiger partial charge in [0, 0.05) is 5.56 Å². The standard InChI is InChI=1S/C14H16BClO2/c1-6-10-9-11(7-8-12(10)16)15-17-13(2,3)14(4,5)18-15/h1,7-9H,2-5H3. The minimum Gasteiger partial charge on any atom is -0.399 e. The predicted octanol–water partition coefficient (Wildman–Crippen LogP) is 2.62. The Morgan fingerprint density at radius 1 is 1.17 bits per heavy atom. The van der Waals surface area contributed by atoms with Gasteiger partial charge in [-0.05, 0) is 45.3 Å². The lowest BCUT2D eigenvalue weighted by Gasteiger charge is -2.32. The van der Waals surface area contributed by atoms with Gasteiger partial charge in [0.2, 0.25) is 0 Å². The Kier molecular flexibility index (Phi) is 3.23. The second-order valence-corrected chi connectivity index (χ2v) is 5.88. The van der Waals surface area contributed by atoms with Crippen molar-refractivity contribution in [2.24, 2.45) is 0 Å². The molecule has 1 fully saturated rings. The maximum absolute atomic E-state index is 5.99. The van der Waals surface area contributed by atoms with Gasteiger partial charge in [-0.25, -0.2) is 0 Å². The molecule has 0 atom stereocenters. The van der Waals surface area contributed by atoms with Crippen LogP contribution in [-0.4, -0.2) is 18.3 Å². The van der Waals surface area contributed by atoms with Gasteiger partial charge in [0.05, 0.1) is 16.2 Å². The van der Waals surface area contributed by atoms with Crippen LogP contribution in [0.25, 0.3) is 0 Å². The van der Waals surface area contributed by atoms with Gasteiger partial charge in [-0.3, -0.25) is 0 Å². The molecule has 0 bridgehead atoms. The highest BCUT2D eigenvalue weighted by Gasteiger charge is 2.51. The summed E-state index contributed by atoms with van der Waals surface area (Å²) in [5, 5.41) is 0.567. The van der Waals surface area contributed by atoms with Crippen LogP contribution in [0.4, 0.5) is 0 Å². The van der Waals surface area contributed by atoms with Crippen LogP contribution in [0.15, 0.2) is 18.2 Å². The minimum atomic E-state index is -0.403. The molecule has 1 aliphatic heterocycles. The zero-order valence-electron chi connectivity index (χ0n) is 11.1. The van der Waals surface area contributed by atoms with E-state index in [0.29, 0.717) is 10.6 Å². The van der Waals surface area contributed by atoms with Crippen molar-refractivity contribution in [2.75, 3.05) is 0 Å². The number of rotatable bonds is 1. The van der Waals surface area contributed by atoms with Crippen LogP contribution in [0.5, 0.6) is 0 Å². The first-order chi connectivity index (χ1) is 8.27. The molecule has 0 spiro atoms. The SMILES string of the molecule is C#Cc1cc(B2OC(C)(C)C(C)(C)O2)ccc1Cl. The number of hydrogen-bond donors (Lipinski definition) is 0. The molecule has 4 heteroatoms. The fraction of sp³-hybridized carbons (Fsp3) is 0.429. The highest BCUT2D eigenvalue weighted by atomic mass is 35.5. The van der Waals surface area contributed by atoms with Crippen molar-refractivity contribution in [3.63, 3.8) is 0 Å². The summed E-state index contributed by atoms with van der Waals surface area (Å²) < 4.78 is 11.9. The average molecular weight is 263 g/mol. The van der Waals surface area contributed by atoms with Gasteiger partial charge in [-0.1, -0.05) is 23.6 Å². The van der Waals surface area contributed by atoms with Crippen molar-refractivity contribution in [3.8, 4) is 12.3 Å². The Morgan fingerprint density at radius 3 is 2.22 bits per heavy atom. The van der Waals surface area contributed by atoms with Crippen LogP contribution >= 0.6 is 11.6 Å². The summed E-state index contributed by atoms with van der Waals surface area (Å²) in [5.74, 6) is 2.56. The summed E-state index contributed by atoms with van der Waals surface area (Å²) in [6, 6.07) is 5.49. The Morgan fingerprint density at radius 2 is 1.72 bits per heavy atom. The molecule has 1 aromatic rings. The lowest BCUT2D eigenvalue weighted by atomic mass is 9.78. The minimum absolute atomic E-state index is 0.354. The molecule has 0 aromatic heterocycles. The van der Waals surface area contributed by atoms with E-state index in [1.807, 2.05) is 39.8 Å². The lowest BCUT2D eigenvalue weighted by Crippen LogP contribution is -2.41. The fourth-order valence-corrected chi connectivity index (χ4v) is 1.95. The van der Waals surface area contributed by atoms with Crippen molar-refractivity contribution in [2.45, 2.75) is 38.9 Å². The van der Waals surface area contributed by atoms with Gasteiger partial charge in [0.25, 0.3) is 0 Å². The highest BCUT2D eigenvalue weighted by molar-refractivity contribution is 6.62. The first kappa shape index (κ1) is 13.5. The van der Waals surface area contributed by atoms with Crippen LogP contribution in [0, 0.1) is 12.3 Å². The highest BCUT2D eigenvalue weighted by Crippen LogP contribution is 2.36. The third-order valence-electron chi connectivity index (χ3n) is 3.67. The van der Waals surface area contributed by atoms with E-state index in [-0.39, 0.29) is 11.2 Å². The molecule has 18 heavy (non-hydrogen) atoms. The van der Waals surface area contributed by atoms with E-state index < -0.39 is 7.12 Å². The molecule has 1 aliphatic rings. The predicted molar refractivity (Wildman–Crippen MR) is 75.1 cm³/mol. The average Bonchev–Trinajstić information content (AvgIpc) is 2.49. The molecule has 1 saturated heterocycles. The summed E-state index contributed by atoms with van der Waals surface area (Å²) in [7, 11) is -0.403. The largest absolute Gasteiger partial charge is 0.494 e. The normalized spacial score (nSPS) is 20.8. The van der Waals surface area contributed by atoms with E-state index in [9.17, 15) is 0 Å². The van der Waals surface area contributed by atoms with E-state index in [4.69, 9.17) is 27.3 Å². The van der Waals surface area contributed by atoms with Crippen LogP contribution in [-0.2, 0) is 9.31 Å². The zero-order valence-corrected chi connectivity index (χ0v) is 11.8. The Bertz CT molecular complexity index is 501. The van der Waals surface area contributed by atoms with Gasteiger partial charge in [-0.2, -0.15) is 0 Å². The monoisotopic (exact) mass is 262 g/mol. The molecular weight excluding hydrogens is 246 g/mol. The van der Waals surface area contributed by atoms with E-state index in [1.165, 1.54) is 0 Å². The number of terminal acetylenes is 1. The third kappa shape index (κ3) is 2.17. The van der Waals surface area contributed by atoms with Crippen LogP contribution in [0.3, 0.4) is 0 Å². The van der Waals surface area contributed by atoms with E-state index in [1.54, 1.807) is 6.07 Å². The second kappa shape index (κ2) is 4.31. The second-order valence-electron chi connectivity index (χ2n) is 5.47. The van der Waals surface area contributed by atoms with Gasteiger partial charge in [-0.15, -0.1) is 6.42 Å². The van der Waals surface area contributed by atoms with E-state index in [2.05, 4.69) is 5.92 Å². The molecule has 0 unspecified atom stereocenters. The molecule has 1 aromatic carbocycles. The van der Waals surface area contributed by atoms with Crippen molar-refractivity contribution < 1.29 is 9.31 Å². The summed E-state index contributed by atoms with van der Waals surface area (Å²) in [4.78, 5) is 0. The maximum atomic E-state index is 5.99. The molecule has 0 amide bonds. The summed E-state index contributed by atoms with van der Waals surface area (Å²) in [5.41, 5.74) is 0.844. The molecule has 1 heterocycles. The topological polar surface area (TPSA) is 18.5 Å². The first-order valence-corrected chi connectivity index (χ1v) is 6.26. The quantitative estimate of drug-likeness (QED) is 0.572. The van der Waals surface area contributed by atoms with Gasteiger partial charge >= 0.3 is 7.12 Å². The molecular formula is C14H16BClO2. The van der Waals surface area contributed by atoms with Crippen molar-refractivity contribution in [3.05, 3.63) is 28.8 Å². The molecule has 0 aliphatic carbocycles. The zero-order chi connectivity index (χ0) is 13.6. The lowest BCUT2D eigenvalue weighted by molar-refractivity contribution is 0.00578. The number of halogens is 1. The molecule has 0 N–H and O–H groups in total. The molecule has 94 valence electrons. The first-order valence-electron chi connectivity index (χ1n) is 5.88. The summed E-state index contributed by atoms with van der Waals surface area (Å²) >= 11 is 5.99. The molecule has 2 rings (SSSR count). The van der Waals surface area contributed by atoms with Crippen molar-refractivity contribution in [1.29, 1.82) is 0 Å². The summed E-state index contributed by atoms with van der Waals surface area (Å²) in [6.07, 6.45) is 5.41. The number of hydrogen-bond acceptors (Lipinski definition) is 2. The third-order valence-corrected chi connectivity index (χ3v) is 4.00. The van der Waals surface area contributed by atoms with Crippen LogP contribution < -0.4 is 5.46 Å². The van der Waals surface area contributed by atoms with Gasteiger partial charge in [0.15, 0.2) is 0 Å². The Labute approximate surface area is 114 Å². The van der Waals surface area contributed by atoms with Crippen LogP contribution in [0.1, 0.15) is 33.3 Å². The van der Waals surface area contributed by atoms with Crippen molar-refractivity contribution >= 4 is 24.2 Å².